The van der Waals surface area contributed by atoms with Crippen molar-refractivity contribution in [1.82, 2.24) is 4.90 Å². The molecule has 0 radical (unpaired) electrons. The Morgan fingerprint density at radius 2 is 1.69 bits per heavy atom. The van der Waals surface area contributed by atoms with Gasteiger partial charge in [-0.2, -0.15) is 0 Å². The number of ether oxygens (including phenoxy) is 1. The van der Waals surface area contributed by atoms with Crippen molar-refractivity contribution in [2.24, 2.45) is 5.73 Å². The molecule has 0 unspecified atom stereocenters. The lowest BCUT2D eigenvalue weighted by atomic mass is 9.94. The molecule has 0 aromatic rings. The number of nitrogens with zero attached hydrogens (tertiary/aromatic N) is 1. The standard InChI is InChI=1S/C13H26N2O/c14-12-4-6-13(7-5-12)16-11-10-15-8-2-1-3-9-15/h12-13H,1-11,14H2/t12-,13-. The van der Waals surface area contributed by atoms with E-state index in [1.54, 1.807) is 0 Å². The lowest BCUT2D eigenvalue weighted by Crippen LogP contribution is -2.35. The summed E-state index contributed by atoms with van der Waals surface area (Å²) in [6.07, 6.45) is 9.28. The molecule has 1 aliphatic carbocycles. The molecule has 2 fully saturated rings. The Kier molecular flexibility index (Phi) is 5.07. The number of rotatable bonds is 4. The van der Waals surface area contributed by atoms with Gasteiger partial charge in [0.05, 0.1) is 12.7 Å². The Morgan fingerprint density at radius 1 is 1.00 bits per heavy atom. The highest BCUT2D eigenvalue weighted by Crippen LogP contribution is 2.19. The van der Waals surface area contributed by atoms with Crippen LogP contribution in [0.5, 0.6) is 0 Å². The van der Waals surface area contributed by atoms with Crippen LogP contribution in [0.1, 0.15) is 44.9 Å². The molecule has 0 aromatic carbocycles. The molecule has 2 N–H and O–H groups in total. The van der Waals surface area contributed by atoms with Crippen LogP contribution in [0.4, 0.5) is 0 Å². The molecular formula is C13H26N2O. The van der Waals surface area contributed by atoms with Gasteiger partial charge in [0.25, 0.3) is 0 Å². The second-order valence-corrected chi connectivity index (χ2v) is 5.31. The molecule has 94 valence electrons. The van der Waals surface area contributed by atoms with Crippen molar-refractivity contribution >= 4 is 0 Å². The van der Waals surface area contributed by atoms with Crippen LogP contribution in [-0.4, -0.2) is 43.3 Å². The maximum atomic E-state index is 5.94. The molecule has 0 spiro atoms. The number of piperidine rings is 1. The largest absolute Gasteiger partial charge is 0.377 e. The maximum absolute atomic E-state index is 5.94. The van der Waals surface area contributed by atoms with E-state index in [0.717, 1.165) is 26.0 Å². The van der Waals surface area contributed by atoms with Crippen LogP contribution in [0.25, 0.3) is 0 Å². The van der Waals surface area contributed by atoms with Gasteiger partial charge >= 0.3 is 0 Å². The molecule has 0 atom stereocenters. The first-order valence-electron chi connectivity index (χ1n) is 6.94. The Morgan fingerprint density at radius 3 is 2.38 bits per heavy atom. The Hall–Kier alpha value is -0.120. The van der Waals surface area contributed by atoms with Crippen molar-refractivity contribution < 1.29 is 4.74 Å². The van der Waals surface area contributed by atoms with E-state index in [2.05, 4.69) is 4.90 Å². The van der Waals surface area contributed by atoms with Crippen LogP contribution < -0.4 is 5.73 Å². The SMILES string of the molecule is N[C@H]1CC[C@H](OCCN2CCCCC2)CC1. The first kappa shape index (κ1) is 12.3. The third kappa shape index (κ3) is 4.04. The van der Waals surface area contributed by atoms with Crippen molar-refractivity contribution in [1.29, 1.82) is 0 Å². The minimum absolute atomic E-state index is 0.432. The van der Waals surface area contributed by atoms with Gasteiger partial charge in [-0.3, -0.25) is 0 Å². The van der Waals surface area contributed by atoms with E-state index in [0.29, 0.717) is 12.1 Å². The summed E-state index contributed by atoms with van der Waals surface area (Å²) in [5.41, 5.74) is 5.88. The fourth-order valence-electron chi connectivity index (χ4n) is 2.79. The minimum Gasteiger partial charge on any atom is -0.377 e. The number of likely N-dealkylation sites (tertiary alicyclic amines) is 1. The number of nitrogens with two attached hydrogens (primary N) is 1. The zero-order valence-corrected chi connectivity index (χ0v) is 10.4. The normalized spacial score (nSPS) is 32.8. The molecule has 3 nitrogen and oxygen atoms in total. The van der Waals surface area contributed by atoms with E-state index < -0.39 is 0 Å². The Labute approximate surface area is 99.3 Å². The number of hydrogen-bond donors (Lipinski definition) is 1. The molecular weight excluding hydrogens is 200 g/mol. The fourth-order valence-corrected chi connectivity index (χ4v) is 2.79. The molecule has 16 heavy (non-hydrogen) atoms. The fraction of sp³-hybridized carbons (Fsp3) is 1.00. The molecule has 0 bridgehead atoms. The summed E-state index contributed by atoms with van der Waals surface area (Å²) in [5.74, 6) is 0. The van der Waals surface area contributed by atoms with Crippen molar-refractivity contribution in [2.45, 2.75) is 57.1 Å². The monoisotopic (exact) mass is 226 g/mol. The highest BCUT2D eigenvalue weighted by Gasteiger charge is 2.19. The van der Waals surface area contributed by atoms with E-state index in [1.807, 2.05) is 0 Å². The van der Waals surface area contributed by atoms with Crippen molar-refractivity contribution in [3.63, 3.8) is 0 Å². The van der Waals surface area contributed by atoms with E-state index in [4.69, 9.17) is 10.5 Å². The average Bonchev–Trinajstić information content (AvgIpc) is 2.33. The quantitative estimate of drug-likeness (QED) is 0.794. The summed E-state index contributed by atoms with van der Waals surface area (Å²) < 4.78 is 5.94. The summed E-state index contributed by atoms with van der Waals surface area (Å²) in [6.45, 7) is 4.60. The molecule has 1 saturated heterocycles. The van der Waals surface area contributed by atoms with Crippen molar-refractivity contribution in [2.75, 3.05) is 26.2 Å². The van der Waals surface area contributed by atoms with Crippen LogP contribution >= 0.6 is 0 Å². The maximum Gasteiger partial charge on any atom is 0.0597 e. The first-order valence-corrected chi connectivity index (χ1v) is 6.94. The lowest BCUT2D eigenvalue weighted by Gasteiger charge is -2.29. The zero-order valence-electron chi connectivity index (χ0n) is 10.4. The van der Waals surface area contributed by atoms with Gasteiger partial charge in [-0.15, -0.1) is 0 Å². The van der Waals surface area contributed by atoms with E-state index >= 15 is 0 Å². The van der Waals surface area contributed by atoms with Gasteiger partial charge in [-0.1, -0.05) is 6.42 Å². The van der Waals surface area contributed by atoms with E-state index in [-0.39, 0.29) is 0 Å². The summed E-state index contributed by atoms with van der Waals surface area (Å²) in [5, 5.41) is 0. The third-order valence-corrected chi connectivity index (χ3v) is 3.93. The highest BCUT2D eigenvalue weighted by molar-refractivity contribution is 4.74. The third-order valence-electron chi connectivity index (χ3n) is 3.93. The van der Waals surface area contributed by atoms with E-state index in [1.165, 1.54) is 45.2 Å². The molecule has 2 rings (SSSR count). The van der Waals surface area contributed by atoms with Gasteiger partial charge in [-0.05, 0) is 51.6 Å². The topological polar surface area (TPSA) is 38.5 Å². The second-order valence-electron chi connectivity index (χ2n) is 5.31. The second kappa shape index (κ2) is 6.58. The molecule has 0 aromatic heterocycles. The van der Waals surface area contributed by atoms with Crippen molar-refractivity contribution in [3.8, 4) is 0 Å². The predicted octanol–water partition coefficient (Wildman–Crippen LogP) is 1.76. The van der Waals surface area contributed by atoms with Gasteiger partial charge in [0, 0.05) is 12.6 Å². The summed E-state index contributed by atoms with van der Waals surface area (Å²) >= 11 is 0. The van der Waals surface area contributed by atoms with Crippen LogP contribution in [0, 0.1) is 0 Å². The van der Waals surface area contributed by atoms with Crippen LogP contribution in [-0.2, 0) is 4.74 Å². The van der Waals surface area contributed by atoms with Gasteiger partial charge in [0.2, 0.25) is 0 Å². The van der Waals surface area contributed by atoms with Crippen LogP contribution in [0.2, 0.25) is 0 Å². The van der Waals surface area contributed by atoms with Gasteiger partial charge in [0.1, 0.15) is 0 Å². The lowest BCUT2D eigenvalue weighted by molar-refractivity contribution is 0.0113. The molecule has 1 heterocycles. The zero-order chi connectivity index (χ0) is 11.2. The molecule has 1 aliphatic heterocycles. The van der Waals surface area contributed by atoms with Crippen LogP contribution in [0.3, 0.4) is 0 Å². The summed E-state index contributed by atoms with van der Waals surface area (Å²) in [6, 6.07) is 0.432. The molecule has 2 aliphatic rings. The molecule has 1 saturated carbocycles. The summed E-state index contributed by atoms with van der Waals surface area (Å²) in [4.78, 5) is 2.54. The minimum atomic E-state index is 0.432. The van der Waals surface area contributed by atoms with Crippen molar-refractivity contribution in [3.05, 3.63) is 0 Å². The average molecular weight is 226 g/mol. The van der Waals surface area contributed by atoms with E-state index in [9.17, 15) is 0 Å². The molecule has 3 heteroatoms. The Bertz CT molecular complexity index is 184. The van der Waals surface area contributed by atoms with Crippen LogP contribution in [0.15, 0.2) is 0 Å². The smallest absolute Gasteiger partial charge is 0.0597 e. The summed E-state index contributed by atoms with van der Waals surface area (Å²) in [7, 11) is 0. The first-order chi connectivity index (χ1) is 7.84. The van der Waals surface area contributed by atoms with Gasteiger partial charge in [-0.25, -0.2) is 0 Å². The predicted molar refractivity (Wildman–Crippen MR) is 66.5 cm³/mol. The van der Waals surface area contributed by atoms with Gasteiger partial charge < -0.3 is 15.4 Å². The highest BCUT2D eigenvalue weighted by atomic mass is 16.5. The molecule has 0 amide bonds. The Balaban J connectivity index is 1.53. The van der Waals surface area contributed by atoms with Gasteiger partial charge in [0.15, 0.2) is 0 Å². The number of hydrogen-bond acceptors (Lipinski definition) is 3.